The Morgan fingerprint density at radius 1 is 1.38 bits per heavy atom. The van der Waals surface area contributed by atoms with Crippen LogP contribution in [0.4, 0.5) is 0 Å². The lowest BCUT2D eigenvalue weighted by Crippen LogP contribution is -1.98. The van der Waals surface area contributed by atoms with E-state index in [0.717, 1.165) is 11.8 Å². The standard InChI is InChI=1S/C12H23Cl/c1-3-10(2)5-4-6-11-7-8-12(13)9-11/h10-12H,3-9H2,1-2H3. The van der Waals surface area contributed by atoms with Crippen LogP contribution in [0, 0.1) is 11.8 Å². The molecule has 3 unspecified atom stereocenters. The first-order chi connectivity index (χ1) is 6.22. The van der Waals surface area contributed by atoms with Crippen LogP contribution in [0.2, 0.25) is 0 Å². The van der Waals surface area contributed by atoms with E-state index in [9.17, 15) is 0 Å². The first kappa shape index (κ1) is 11.4. The molecule has 0 aromatic carbocycles. The SMILES string of the molecule is CCC(C)CCCC1CCC(Cl)C1. The van der Waals surface area contributed by atoms with Crippen molar-refractivity contribution in [2.24, 2.45) is 11.8 Å². The molecule has 0 amide bonds. The molecule has 1 fully saturated rings. The van der Waals surface area contributed by atoms with Crippen molar-refractivity contribution in [2.75, 3.05) is 0 Å². The van der Waals surface area contributed by atoms with Crippen LogP contribution in [-0.2, 0) is 0 Å². The molecule has 0 bridgehead atoms. The average Bonchev–Trinajstić information content (AvgIpc) is 2.51. The van der Waals surface area contributed by atoms with Gasteiger partial charge in [0.1, 0.15) is 0 Å². The van der Waals surface area contributed by atoms with Gasteiger partial charge in [0.2, 0.25) is 0 Å². The zero-order valence-corrected chi connectivity index (χ0v) is 9.82. The van der Waals surface area contributed by atoms with Crippen LogP contribution in [0.3, 0.4) is 0 Å². The van der Waals surface area contributed by atoms with Gasteiger partial charge >= 0.3 is 0 Å². The van der Waals surface area contributed by atoms with Crippen LogP contribution in [0.25, 0.3) is 0 Å². The zero-order chi connectivity index (χ0) is 9.68. The summed E-state index contributed by atoms with van der Waals surface area (Å²) in [7, 11) is 0. The molecular weight excluding hydrogens is 180 g/mol. The molecule has 0 aliphatic heterocycles. The summed E-state index contributed by atoms with van der Waals surface area (Å²) in [5.74, 6) is 1.87. The first-order valence-corrected chi connectivity index (χ1v) is 6.30. The molecule has 3 atom stereocenters. The Labute approximate surface area is 88.1 Å². The summed E-state index contributed by atoms with van der Waals surface area (Å²) in [5, 5.41) is 0.494. The van der Waals surface area contributed by atoms with Crippen LogP contribution in [0.5, 0.6) is 0 Å². The van der Waals surface area contributed by atoms with Crippen LogP contribution in [0.15, 0.2) is 0 Å². The van der Waals surface area contributed by atoms with Crippen LogP contribution < -0.4 is 0 Å². The number of halogens is 1. The van der Waals surface area contributed by atoms with E-state index >= 15 is 0 Å². The van der Waals surface area contributed by atoms with E-state index in [4.69, 9.17) is 11.6 Å². The number of hydrogen-bond acceptors (Lipinski definition) is 0. The van der Waals surface area contributed by atoms with E-state index in [1.807, 2.05) is 0 Å². The van der Waals surface area contributed by atoms with Crippen LogP contribution in [-0.4, -0.2) is 5.38 Å². The molecule has 0 heterocycles. The molecule has 13 heavy (non-hydrogen) atoms. The minimum atomic E-state index is 0.494. The van der Waals surface area contributed by atoms with E-state index in [0.29, 0.717) is 5.38 Å². The van der Waals surface area contributed by atoms with Crippen LogP contribution >= 0.6 is 11.6 Å². The normalized spacial score (nSPS) is 30.7. The highest BCUT2D eigenvalue weighted by atomic mass is 35.5. The molecule has 0 saturated heterocycles. The average molecular weight is 203 g/mol. The highest BCUT2D eigenvalue weighted by molar-refractivity contribution is 6.20. The van der Waals surface area contributed by atoms with E-state index in [1.54, 1.807) is 0 Å². The summed E-state index contributed by atoms with van der Waals surface area (Å²) >= 11 is 6.08. The molecular formula is C12H23Cl. The summed E-state index contributed by atoms with van der Waals surface area (Å²) in [6.45, 7) is 4.65. The van der Waals surface area contributed by atoms with E-state index in [2.05, 4.69) is 13.8 Å². The summed E-state index contributed by atoms with van der Waals surface area (Å²) in [6, 6.07) is 0. The van der Waals surface area contributed by atoms with Crippen molar-refractivity contribution < 1.29 is 0 Å². The topological polar surface area (TPSA) is 0 Å². The summed E-state index contributed by atoms with van der Waals surface area (Å²) in [6.07, 6.45) is 9.52. The highest BCUT2D eigenvalue weighted by Crippen LogP contribution is 2.33. The van der Waals surface area contributed by atoms with Gasteiger partial charge in [0.05, 0.1) is 0 Å². The maximum absolute atomic E-state index is 6.08. The van der Waals surface area contributed by atoms with Gasteiger partial charge in [0.25, 0.3) is 0 Å². The van der Waals surface area contributed by atoms with Gasteiger partial charge in [0, 0.05) is 5.38 Å². The quantitative estimate of drug-likeness (QED) is 0.572. The summed E-state index contributed by atoms with van der Waals surface area (Å²) in [4.78, 5) is 0. The smallest absolute Gasteiger partial charge is 0.0338 e. The Kier molecular flexibility index (Phi) is 5.16. The summed E-state index contributed by atoms with van der Waals surface area (Å²) in [5.41, 5.74) is 0. The molecule has 1 rings (SSSR count). The zero-order valence-electron chi connectivity index (χ0n) is 9.06. The predicted octanol–water partition coefficient (Wildman–Crippen LogP) is 4.61. The van der Waals surface area contributed by atoms with E-state index in [1.165, 1.54) is 44.9 Å². The molecule has 0 N–H and O–H groups in total. The number of rotatable bonds is 5. The molecule has 0 aromatic rings. The third kappa shape index (κ3) is 4.35. The third-order valence-corrected chi connectivity index (χ3v) is 3.88. The predicted molar refractivity (Wildman–Crippen MR) is 60.3 cm³/mol. The van der Waals surface area contributed by atoms with E-state index < -0.39 is 0 Å². The highest BCUT2D eigenvalue weighted by Gasteiger charge is 2.22. The second-order valence-corrected chi connectivity index (χ2v) is 5.34. The second kappa shape index (κ2) is 5.90. The van der Waals surface area contributed by atoms with Gasteiger partial charge in [0.15, 0.2) is 0 Å². The fraction of sp³-hybridized carbons (Fsp3) is 1.00. The van der Waals surface area contributed by atoms with Crippen molar-refractivity contribution in [2.45, 2.75) is 64.2 Å². The van der Waals surface area contributed by atoms with Crippen molar-refractivity contribution in [3.8, 4) is 0 Å². The van der Waals surface area contributed by atoms with Crippen molar-refractivity contribution >= 4 is 11.6 Å². The molecule has 0 spiro atoms. The van der Waals surface area contributed by atoms with Gasteiger partial charge in [-0.1, -0.05) is 39.5 Å². The third-order valence-electron chi connectivity index (χ3n) is 3.48. The Morgan fingerprint density at radius 2 is 2.15 bits per heavy atom. The van der Waals surface area contributed by atoms with Gasteiger partial charge in [-0.25, -0.2) is 0 Å². The van der Waals surface area contributed by atoms with Gasteiger partial charge in [-0.15, -0.1) is 11.6 Å². The first-order valence-electron chi connectivity index (χ1n) is 5.86. The largest absolute Gasteiger partial charge is 0.123 e. The van der Waals surface area contributed by atoms with Crippen molar-refractivity contribution in [3.63, 3.8) is 0 Å². The summed E-state index contributed by atoms with van der Waals surface area (Å²) < 4.78 is 0. The van der Waals surface area contributed by atoms with Gasteiger partial charge in [-0.3, -0.25) is 0 Å². The maximum Gasteiger partial charge on any atom is 0.0338 e. The number of alkyl halides is 1. The fourth-order valence-electron chi connectivity index (χ4n) is 2.24. The minimum Gasteiger partial charge on any atom is -0.123 e. The molecule has 0 radical (unpaired) electrons. The minimum absolute atomic E-state index is 0.494. The molecule has 0 aromatic heterocycles. The molecule has 1 saturated carbocycles. The lowest BCUT2D eigenvalue weighted by atomic mass is 9.95. The monoisotopic (exact) mass is 202 g/mol. The lowest BCUT2D eigenvalue weighted by Gasteiger charge is -2.11. The second-order valence-electron chi connectivity index (χ2n) is 4.72. The van der Waals surface area contributed by atoms with E-state index in [-0.39, 0.29) is 0 Å². The molecule has 1 heteroatoms. The number of hydrogen-bond donors (Lipinski definition) is 0. The fourth-order valence-corrected chi connectivity index (χ4v) is 2.61. The Morgan fingerprint density at radius 3 is 2.69 bits per heavy atom. The van der Waals surface area contributed by atoms with Gasteiger partial charge in [-0.05, 0) is 31.1 Å². The maximum atomic E-state index is 6.08. The molecule has 78 valence electrons. The molecule has 1 aliphatic rings. The van der Waals surface area contributed by atoms with Gasteiger partial charge in [-0.2, -0.15) is 0 Å². The lowest BCUT2D eigenvalue weighted by molar-refractivity contribution is 0.422. The Bertz CT molecular complexity index is 133. The Hall–Kier alpha value is 0.290. The van der Waals surface area contributed by atoms with Crippen molar-refractivity contribution in [1.29, 1.82) is 0 Å². The van der Waals surface area contributed by atoms with Crippen molar-refractivity contribution in [1.82, 2.24) is 0 Å². The van der Waals surface area contributed by atoms with Gasteiger partial charge < -0.3 is 0 Å². The van der Waals surface area contributed by atoms with Crippen LogP contribution in [0.1, 0.15) is 58.8 Å². The Balaban J connectivity index is 2.00. The van der Waals surface area contributed by atoms with Crippen molar-refractivity contribution in [3.05, 3.63) is 0 Å². The molecule has 0 nitrogen and oxygen atoms in total. The molecule has 1 aliphatic carbocycles.